The molecule has 102 valence electrons. The number of halogens is 3. The molecule has 1 atom stereocenters. The molecule has 0 aliphatic heterocycles. The van der Waals surface area contributed by atoms with Crippen LogP contribution in [0.1, 0.15) is 35.4 Å². The number of benzene rings is 1. The first-order valence-electron chi connectivity index (χ1n) is 6.15. The molecule has 1 heterocycles. The van der Waals surface area contributed by atoms with Gasteiger partial charge in [0.15, 0.2) is 0 Å². The van der Waals surface area contributed by atoms with Crippen LogP contribution in [-0.4, -0.2) is 0 Å². The van der Waals surface area contributed by atoms with E-state index in [1.165, 1.54) is 22.5 Å². The fourth-order valence-corrected chi connectivity index (χ4v) is 4.48. The van der Waals surface area contributed by atoms with Crippen LogP contribution in [0.2, 0.25) is 8.67 Å². The van der Waals surface area contributed by atoms with Gasteiger partial charge in [-0.1, -0.05) is 77.2 Å². The van der Waals surface area contributed by atoms with Crippen LogP contribution in [-0.2, 0) is 6.42 Å². The highest BCUT2D eigenvalue weighted by molar-refractivity contribution is 9.09. The summed E-state index contributed by atoms with van der Waals surface area (Å²) in [4.78, 5) is 0.0943. The molecule has 0 spiro atoms. The smallest absolute Gasteiger partial charge is 0.0990 e. The molecule has 1 unspecified atom stereocenters. The van der Waals surface area contributed by atoms with Gasteiger partial charge in [-0.2, -0.15) is 0 Å². The molecule has 0 saturated carbocycles. The van der Waals surface area contributed by atoms with Gasteiger partial charge in [0.1, 0.15) is 0 Å². The first kappa shape index (κ1) is 15.4. The highest BCUT2D eigenvalue weighted by Crippen LogP contribution is 2.41. The molecule has 0 radical (unpaired) electrons. The molecule has 19 heavy (non-hydrogen) atoms. The van der Waals surface area contributed by atoms with Gasteiger partial charge in [0.05, 0.1) is 13.5 Å². The van der Waals surface area contributed by atoms with Crippen molar-refractivity contribution in [3.05, 3.63) is 55.7 Å². The van der Waals surface area contributed by atoms with Crippen molar-refractivity contribution in [1.82, 2.24) is 0 Å². The first-order valence-corrected chi connectivity index (χ1v) is 8.64. The fourth-order valence-electron chi connectivity index (χ4n) is 2.00. The van der Waals surface area contributed by atoms with Crippen molar-refractivity contribution < 1.29 is 0 Å². The Hall–Kier alpha value is -0.0200. The Balaban J connectivity index is 2.20. The predicted octanol–water partition coefficient (Wildman–Crippen LogP) is 6.74. The summed E-state index contributed by atoms with van der Waals surface area (Å²) in [6.45, 7) is 4.46. The van der Waals surface area contributed by atoms with Gasteiger partial charge in [0, 0.05) is 5.56 Å². The van der Waals surface area contributed by atoms with Crippen molar-refractivity contribution in [2.75, 3.05) is 0 Å². The molecule has 2 aromatic rings. The molecule has 0 amide bonds. The maximum absolute atomic E-state index is 6.19. The molecule has 0 bridgehead atoms. The van der Waals surface area contributed by atoms with E-state index in [2.05, 4.69) is 54.0 Å². The number of alkyl halides is 1. The minimum Gasteiger partial charge on any atom is -0.111 e. The summed E-state index contributed by atoms with van der Waals surface area (Å²) >= 11 is 17.3. The monoisotopic (exact) mass is 376 g/mol. The number of thiophene rings is 1. The Bertz CT molecular complexity index is 546. The average Bonchev–Trinajstić information content (AvgIpc) is 2.68. The standard InChI is InChI=1S/C15H15BrCl2S/c1-9(2)7-10-3-5-11(6-4-10)14(16)12-8-13(17)19-15(12)18/h3-6,8-9,14H,7H2,1-2H3. The number of hydrogen-bond acceptors (Lipinski definition) is 1. The van der Waals surface area contributed by atoms with E-state index in [0.717, 1.165) is 20.7 Å². The van der Waals surface area contributed by atoms with Gasteiger partial charge < -0.3 is 0 Å². The molecule has 0 nitrogen and oxygen atoms in total. The lowest BCUT2D eigenvalue weighted by atomic mass is 10.00. The quantitative estimate of drug-likeness (QED) is 0.517. The van der Waals surface area contributed by atoms with Crippen LogP contribution in [0.3, 0.4) is 0 Å². The zero-order valence-electron chi connectivity index (χ0n) is 10.8. The topological polar surface area (TPSA) is 0 Å². The summed E-state index contributed by atoms with van der Waals surface area (Å²) in [5.41, 5.74) is 3.60. The Morgan fingerprint density at radius 3 is 2.26 bits per heavy atom. The van der Waals surface area contributed by atoms with Gasteiger partial charge in [0.2, 0.25) is 0 Å². The molecule has 4 heteroatoms. The van der Waals surface area contributed by atoms with Crippen LogP contribution in [0.5, 0.6) is 0 Å². The van der Waals surface area contributed by atoms with Gasteiger partial charge in [-0.05, 0) is 29.5 Å². The van der Waals surface area contributed by atoms with Crippen LogP contribution in [0, 0.1) is 5.92 Å². The Morgan fingerprint density at radius 2 is 1.79 bits per heavy atom. The van der Waals surface area contributed by atoms with E-state index >= 15 is 0 Å². The molecule has 0 saturated heterocycles. The van der Waals surface area contributed by atoms with Crippen molar-refractivity contribution in [3.63, 3.8) is 0 Å². The van der Waals surface area contributed by atoms with E-state index in [9.17, 15) is 0 Å². The second-order valence-corrected chi connectivity index (χ2v) is 8.18. The molecule has 0 aliphatic carbocycles. The van der Waals surface area contributed by atoms with Crippen LogP contribution < -0.4 is 0 Å². The highest BCUT2D eigenvalue weighted by atomic mass is 79.9. The SMILES string of the molecule is CC(C)Cc1ccc(C(Br)c2cc(Cl)sc2Cl)cc1. The Labute approximate surface area is 136 Å². The molecular weight excluding hydrogens is 363 g/mol. The molecular formula is C15H15BrCl2S. The van der Waals surface area contributed by atoms with E-state index in [1.807, 2.05) is 6.07 Å². The third kappa shape index (κ3) is 3.98. The summed E-state index contributed by atoms with van der Waals surface area (Å²) in [5.74, 6) is 0.677. The predicted molar refractivity (Wildman–Crippen MR) is 90.1 cm³/mol. The van der Waals surface area contributed by atoms with Gasteiger partial charge >= 0.3 is 0 Å². The molecule has 0 N–H and O–H groups in total. The maximum Gasteiger partial charge on any atom is 0.0990 e. The number of rotatable bonds is 4. The summed E-state index contributed by atoms with van der Waals surface area (Å²) in [6.07, 6.45) is 1.11. The lowest BCUT2D eigenvalue weighted by Crippen LogP contribution is -1.96. The van der Waals surface area contributed by atoms with Crippen molar-refractivity contribution in [2.45, 2.75) is 25.1 Å². The van der Waals surface area contributed by atoms with Crippen LogP contribution in [0.25, 0.3) is 0 Å². The third-order valence-corrected chi connectivity index (χ3v) is 5.41. The zero-order chi connectivity index (χ0) is 14.0. The van der Waals surface area contributed by atoms with Crippen molar-refractivity contribution in [2.24, 2.45) is 5.92 Å². The van der Waals surface area contributed by atoms with E-state index < -0.39 is 0 Å². The first-order chi connectivity index (χ1) is 8.97. The Kier molecular flexibility index (Phi) is 5.36. The molecule has 1 aromatic carbocycles. The van der Waals surface area contributed by atoms with E-state index in [4.69, 9.17) is 23.2 Å². The van der Waals surface area contributed by atoms with E-state index in [1.54, 1.807) is 0 Å². The lowest BCUT2D eigenvalue weighted by molar-refractivity contribution is 0.647. The van der Waals surface area contributed by atoms with Crippen LogP contribution >= 0.6 is 50.5 Å². The summed E-state index contributed by atoms with van der Waals surface area (Å²) < 4.78 is 1.47. The minimum absolute atomic E-state index is 0.0943. The molecule has 0 aliphatic rings. The second kappa shape index (κ2) is 6.62. The highest BCUT2D eigenvalue weighted by Gasteiger charge is 2.16. The maximum atomic E-state index is 6.19. The van der Waals surface area contributed by atoms with Gasteiger partial charge in [-0.3, -0.25) is 0 Å². The van der Waals surface area contributed by atoms with Crippen molar-refractivity contribution in [1.29, 1.82) is 0 Å². The normalized spacial score (nSPS) is 12.9. The van der Waals surface area contributed by atoms with Crippen LogP contribution in [0.4, 0.5) is 0 Å². The second-order valence-electron chi connectivity index (χ2n) is 4.98. The van der Waals surface area contributed by atoms with E-state index in [-0.39, 0.29) is 4.83 Å². The van der Waals surface area contributed by atoms with Crippen molar-refractivity contribution in [3.8, 4) is 0 Å². The van der Waals surface area contributed by atoms with Crippen molar-refractivity contribution >= 4 is 50.5 Å². The van der Waals surface area contributed by atoms with E-state index in [0.29, 0.717) is 5.92 Å². The zero-order valence-corrected chi connectivity index (χ0v) is 14.7. The van der Waals surface area contributed by atoms with Gasteiger partial charge in [-0.25, -0.2) is 0 Å². The molecule has 2 rings (SSSR count). The summed E-state index contributed by atoms with van der Waals surface area (Å²) in [6, 6.07) is 10.6. The largest absolute Gasteiger partial charge is 0.111 e. The molecule has 1 aromatic heterocycles. The summed E-state index contributed by atoms with van der Waals surface area (Å²) in [7, 11) is 0. The molecule has 0 fully saturated rings. The fraction of sp³-hybridized carbons (Fsp3) is 0.333. The van der Waals surface area contributed by atoms with Gasteiger partial charge in [-0.15, -0.1) is 11.3 Å². The van der Waals surface area contributed by atoms with Gasteiger partial charge in [0.25, 0.3) is 0 Å². The summed E-state index contributed by atoms with van der Waals surface area (Å²) in [5, 5.41) is 0. The number of hydrogen-bond donors (Lipinski definition) is 0. The minimum atomic E-state index is 0.0943. The Morgan fingerprint density at radius 1 is 1.16 bits per heavy atom. The van der Waals surface area contributed by atoms with Crippen LogP contribution in [0.15, 0.2) is 30.3 Å². The average molecular weight is 378 g/mol. The third-order valence-electron chi connectivity index (χ3n) is 2.87. The lowest BCUT2D eigenvalue weighted by Gasteiger charge is -2.11.